The average Bonchev–Trinajstić information content (AvgIpc) is 2.29. The minimum Gasteiger partial charge on any atom is -0.364 e. The van der Waals surface area contributed by atoms with E-state index in [-0.39, 0.29) is 18.6 Å². The Balaban J connectivity index is 2.46. The molecule has 0 bridgehead atoms. The molecule has 1 amide bonds. The number of hydrogen-bond acceptors (Lipinski definition) is 2. The molecule has 1 aromatic rings. The standard InChI is InChI=1S/C10H10BrNO2/c1-6-8-4-7(11)2-3-9(8)12-10(13)5-14-6/h2-4,6H,5H2,1H3,(H,12,13). The summed E-state index contributed by atoms with van der Waals surface area (Å²) in [5.74, 6) is -0.0991. The first-order valence-corrected chi connectivity index (χ1v) is 5.17. The van der Waals surface area contributed by atoms with Crippen LogP contribution in [0, 0.1) is 0 Å². The lowest BCUT2D eigenvalue weighted by Gasteiger charge is -2.11. The third-order valence-corrected chi connectivity index (χ3v) is 2.68. The van der Waals surface area contributed by atoms with Crippen LogP contribution in [0.15, 0.2) is 22.7 Å². The Morgan fingerprint density at radius 3 is 3.14 bits per heavy atom. The highest BCUT2D eigenvalue weighted by molar-refractivity contribution is 9.10. The predicted molar refractivity (Wildman–Crippen MR) is 57.1 cm³/mol. The van der Waals surface area contributed by atoms with Crippen molar-refractivity contribution in [1.29, 1.82) is 0 Å². The summed E-state index contributed by atoms with van der Waals surface area (Å²) in [4.78, 5) is 11.2. The van der Waals surface area contributed by atoms with Crippen LogP contribution in [0.5, 0.6) is 0 Å². The zero-order chi connectivity index (χ0) is 10.1. The molecule has 2 rings (SSSR count). The fourth-order valence-electron chi connectivity index (χ4n) is 1.46. The Morgan fingerprint density at radius 1 is 1.57 bits per heavy atom. The molecular weight excluding hydrogens is 246 g/mol. The topological polar surface area (TPSA) is 38.3 Å². The zero-order valence-electron chi connectivity index (χ0n) is 7.71. The second-order valence-electron chi connectivity index (χ2n) is 3.23. The number of fused-ring (bicyclic) bond motifs is 1. The SMILES string of the molecule is CC1OCC(=O)Nc2ccc(Br)cc21. The minimum atomic E-state index is -0.0991. The average molecular weight is 256 g/mol. The Morgan fingerprint density at radius 2 is 2.36 bits per heavy atom. The van der Waals surface area contributed by atoms with Gasteiger partial charge in [0, 0.05) is 15.7 Å². The van der Waals surface area contributed by atoms with E-state index in [1.54, 1.807) is 0 Å². The van der Waals surface area contributed by atoms with Gasteiger partial charge in [-0.1, -0.05) is 15.9 Å². The van der Waals surface area contributed by atoms with Crippen LogP contribution >= 0.6 is 15.9 Å². The third kappa shape index (κ3) is 1.81. The molecule has 1 heterocycles. The van der Waals surface area contributed by atoms with E-state index >= 15 is 0 Å². The Hall–Kier alpha value is -0.870. The van der Waals surface area contributed by atoms with Crippen LogP contribution in [0.4, 0.5) is 5.69 Å². The van der Waals surface area contributed by atoms with Gasteiger partial charge in [-0.2, -0.15) is 0 Å². The number of benzene rings is 1. The molecule has 1 aromatic carbocycles. The number of halogens is 1. The third-order valence-electron chi connectivity index (χ3n) is 2.19. The minimum absolute atomic E-state index is 0.0542. The van der Waals surface area contributed by atoms with Gasteiger partial charge >= 0.3 is 0 Å². The number of hydrogen-bond donors (Lipinski definition) is 1. The maximum Gasteiger partial charge on any atom is 0.250 e. The molecule has 1 aliphatic rings. The summed E-state index contributed by atoms with van der Waals surface area (Å²) < 4.78 is 6.35. The first kappa shape index (κ1) is 9.68. The largest absolute Gasteiger partial charge is 0.364 e. The van der Waals surface area contributed by atoms with Gasteiger partial charge in [-0.25, -0.2) is 0 Å². The summed E-state index contributed by atoms with van der Waals surface area (Å²) in [5, 5.41) is 2.80. The lowest BCUT2D eigenvalue weighted by atomic mass is 10.1. The molecule has 1 atom stereocenters. The maximum absolute atomic E-state index is 11.2. The fourth-order valence-corrected chi connectivity index (χ4v) is 1.84. The predicted octanol–water partition coefficient (Wildman–Crippen LogP) is 2.48. The number of rotatable bonds is 0. The fraction of sp³-hybridized carbons (Fsp3) is 0.300. The molecule has 14 heavy (non-hydrogen) atoms. The smallest absolute Gasteiger partial charge is 0.250 e. The van der Waals surface area contributed by atoms with Gasteiger partial charge in [0.2, 0.25) is 5.91 Å². The first-order chi connectivity index (χ1) is 6.66. The number of ether oxygens (including phenoxy) is 1. The van der Waals surface area contributed by atoms with E-state index in [4.69, 9.17) is 4.74 Å². The van der Waals surface area contributed by atoms with Crippen LogP contribution in [0.2, 0.25) is 0 Å². The van der Waals surface area contributed by atoms with E-state index in [1.165, 1.54) is 0 Å². The number of anilines is 1. The molecule has 3 nitrogen and oxygen atoms in total. The van der Waals surface area contributed by atoms with Gasteiger partial charge in [-0.3, -0.25) is 4.79 Å². The van der Waals surface area contributed by atoms with Gasteiger partial charge in [0.05, 0.1) is 6.10 Å². The second kappa shape index (κ2) is 3.71. The van der Waals surface area contributed by atoms with Gasteiger partial charge in [-0.15, -0.1) is 0 Å². The van der Waals surface area contributed by atoms with Gasteiger partial charge in [0.15, 0.2) is 0 Å². The van der Waals surface area contributed by atoms with Crippen LogP contribution < -0.4 is 5.32 Å². The Bertz CT molecular complexity index is 378. The molecule has 1 aliphatic heterocycles. The lowest BCUT2D eigenvalue weighted by Crippen LogP contribution is -2.15. The zero-order valence-corrected chi connectivity index (χ0v) is 9.30. The second-order valence-corrected chi connectivity index (χ2v) is 4.15. The highest BCUT2D eigenvalue weighted by Gasteiger charge is 2.18. The molecule has 0 aromatic heterocycles. The first-order valence-electron chi connectivity index (χ1n) is 4.38. The maximum atomic E-state index is 11.2. The molecule has 0 fully saturated rings. The van der Waals surface area contributed by atoms with Crippen molar-refractivity contribution in [2.45, 2.75) is 13.0 Å². The quantitative estimate of drug-likeness (QED) is 0.774. The van der Waals surface area contributed by atoms with Gasteiger partial charge in [0.1, 0.15) is 6.61 Å². The van der Waals surface area contributed by atoms with Gasteiger partial charge in [-0.05, 0) is 25.1 Å². The molecule has 0 saturated carbocycles. The van der Waals surface area contributed by atoms with Crippen molar-refractivity contribution >= 4 is 27.5 Å². The monoisotopic (exact) mass is 255 g/mol. The van der Waals surface area contributed by atoms with Crippen LogP contribution in [-0.4, -0.2) is 12.5 Å². The van der Waals surface area contributed by atoms with Crippen molar-refractivity contribution in [3.8, 4) is 0 Å². The summed E-state index contributed by atoms with van der Waals surface area (Å²) in [6.07, 6.45) is -0.0542. The summed E-state index contributed by atoms with van der Waals surface area (Å²) >= 11 is 3.39. The molecule has 0 spiro atoms. The Labute approximate surface area is 90.6 Å². The summed E-state index contributed by atoms with van der Waals surface area (Å²) in [5.41, 5.74) is 1.84. The van der Waals surface area contributed by atoms with E-state index < -0.39 is 0 Å². The van der Waals surface area contributed by atoms with Crippen molar-refractivity contribution in [2.24, 2.45) is 0 Å². The van der Waals surface area contributed by atoms with E-state index in [0.29, 0.717) is 0 Å². The van der Waals surface area contributed by atoms with Gasteiger partial charge in [0.25, 0.3) is 0 Å². The molecule has 0 radical (unpaired) electrons. The highest BCUT2D eigenvalue weighted by Crippen LogP contribution is 2.30. The molecule has 4 heteroatoms. The normalized spacial score (nSPS) is 21.0. The molecule has 1 N–H and O–H groups in total. The van der Waals surface area contributed by atoms with Crippen LogP contribution in [0.1, 0.15) is 18.6 Å². The number of carbonyl (C=O) groups excluding carboxylic acids is 1. The molecule has 1 unspecified atom stereocenters. The number of carbonyl (C=O) groups is 1. The van der Waals surface area contributed by atoms with E-state index in [2.05, 4.69) is 21.2 Å². The van der Waals surface area contributed by atoms with E-state index in [0.717, 1.165) is 15.7 Å². The lowest BCUT2D eigenvalue weighted by molar-refractivity contribution is -0.121. The number of amides is 1. The van der Waals surface area contributed by atoms with Crippen LogP contribution in [-0.2, 0) is 9.53 Å². The van der Waals surface area contributed by atoms with Crippen molar-refractivity contribution in [1.82, 2.24) is 0 Å². The van der Waals surface area contributed by atoms with Crippen molar-refractivity contribution in [2.75, 3.05) is 11.9 Å². The van der Waals surface area contributed by atoms with Gasteiger partial charge < -0.3 is 10.1 Å². The summed E-state index contributed by atoms with van der Waals surface area (Å²) in [6, 6.07) is 5.74. The molecule has 0 aliphatic carbocycles. The van der Waals surface area contributed by atoms with E-state index in [1.807, 2.05) is 25.1 Å². The molecule has 74 valence electrons. The summed E-state index contributed by atoms with van der Waals surface area (Å²) in [7, 11) is 0. The van der Waals surface area contributed by atoms with Crippen molar-refractivity contribution in [3.63, 3.8) is 0 Å². The highest BCUT2D eigenvalue weighted by atomic mass is 79.9. The summed E-state index contributed by atoms with van der Waals surface area (Å²) in [6.45, 7) is 2.05. The van der Waals surface area contributed by atoms with Crippen LogP contribution in [0.3, 0.4) is 0 Å². The number of nitrogens with one attached hydrogen (secondary N) is 1. The Kier molecular flexibility index (Phi) is 2.56. The van der Waals surface area contributed by atoms with Crippen molar-refractivity contribution in [3.05, 3.63) is 28.2 Å². The van der Waals surface area contributed by atoms with Crippen LogP contribution in [0.25, 0.3) is 0 Å². The molecular formula is C10H10BrNO2. The van der Waals surface area contributed by atoms with E-state index in [9.17, 15) is 4.79 Å². The van der Waals surface area contributed by atoms with Crippen molar-refractivity contribution < 1.29 is 9.53 Å². The molecule has 0 saturated heterocycles.